The first-order valence-corrected chi connectivity index (χ1v) is 19.0. The van der Waals surface area contributed by atoms with Crippen LogP contribution in [0.4, 0.5) is 0 Å². The maximum atomic E-state index is 6.59. The Morgan fingerprint density at radius 2 is 0.895 bits per heavy atom. The molecule has 0 spiro atoms. The monoisotopic (exact) mass is 730 g/mol. The van der Waals surface area contributed by atoms with E-state index in [2.05, 4.69) is 120 Å². The number of nitrogens with zero attached hydrogens (tertiary/aromatic N) is 4. The van der Waals surface area contributed by atoms with Crippen molar-refractivity contribution in [3.05, 3.63) is 182 Å². The summed E-state index contributed by atoms with van der Waals surface area (Å²) in [5, 5.41) is 6.45. The third-order valence-electron chi connectivity index (χ3n) is 11.1. The summed E-state index contributed by atoms with van der Waals surface area (Å²) in [7, 11) is 0. The smallest absolute Gasteiger partial charge is 0.167 e. The molecule has 12 rings (SSSR count). The zero-order valence-corrected chi connectivity index (χ0v) is 30.4. The number of aromatic nitrogens is 4. The molecule has 8 aromatic carbocycles. The van der Waals surface area contributed by atoms with Crippen LogP contribution in [0.15, 0.2) is 191 Å². The minimum atomic E-state index is 0.545. The number of hydrogen-bond donors (Lipinski definition) is 0. The maximum Gasteiger partial charge on any atom is 0.167 e. The summed E-state index contributed by atoms with van der Waals surface area (Å²) in [4.78, 5) is 15.6. The number of para-hydroxylation sites is 5. The average Bonchev–Trinajstić information content (AvgIpc) is 3.96. The molecule has 0 atom stereocenters. The first-order chi connectivity index (χ1) is 28.3. The molecule has 0 bridgehead atoms. The summed E-state index contributed by atoms with van der Waals surface area (Å²) < 4.78 is 15.4. The fourth-order valence-electron chi connectivity index (χ4n) is 8.49. The zero-order chi connectivity index (χ0) is 37.5. The number of benzene rings is 8. The third kappa shape index (κ3) is 4.87. The molecule has 57 heavy (non-hydrogen) atoms. The maximum absolute atomic E-state index is 6.59. The summed E-state index contributed by atoms with van der Waals surface area (Å²) in [5.41, 5.74) is 11.2. The van der Waals surface area contributed by atoms with Gasteiger partial charge in [0.05, 0.1) is 16.6 Å². The molecule has 12 aromatic rings. The highest BCUT2D eigenvalue weighted by Crippen LogP contribution is 2.42. The van der Waals surface area contributed by atoms with Gasteiger partial charge < -0.3 is 13.4 Å². The first kappa shape index (κ1) is 31.5. The van der Waals surface area contributed by atoms with E-state index in [4.69, 9.17) is 23.8 Å². The number of furan rings is 2. The molecule has 266 valence electrons. The highest BCUT2D eigenvalue weighted by atomic mass is 16.3. The van der Waals surface area contributed by atoms with Gasteiger partial charge in [0.25, 0.3) is 0 Å². The van der Waals surface area contributed by atoms with E-state index in [9.17, 15) is 0 Å². The Morgan fingerprint density at radius 1 is 0.351 bits per heavy atom. The first-order valence-electron chi connectivity index (χ1n) is 19.0. The van der Waals surface area contributed by atoms with Crippen LogP contribution in [0.25, 0.3) is 117 Å². The summed E-state index contributed by atoms with van der Waals surface area (Å²) in [6.07, 6.45) is 0. The van der Waals surface area contributed by atoms with Gasteiger partial charge in [0, 0.05) is 54.7 Å². The second-order valence-electron chi connectivity index (χ2n) is 14.3. The largest absolute Gasteiger partial charge is 0.455 e. The molecule has 4 heterocycles. The molecule has 4 aromatic heterocycles. The molecule has 0 saturated carbocycles. The molecular weight excluding hydrogens is 701 g/mol. The Morgan fingerprint density at radius 3 is 1.68 bits per heavy atom. The molecule has 0 radical (unpaired) electrons. The van der Waals surface area contributed by atoms with E-state index in [1.54, 1.807) is 0 Å². The van der Waals surface area contributed by atoms with E-state index >= 15 is 0 Å². The molecule has 0 aliphatic carbocycles. The van der Waals surface area contributed by atoms with E-state index in [-0.39, 0.29) is 0 Å². The third-order valence-corrected chi connectivity index (χ3v) is 11.1. The van der Waals surface area contributed by atoms with Gasteiger partial charge in [-0.2, -0.15) is 0 Å². The Hall–Kier alpha value is -7.83. The van der Waals surface area contributed by atoms with Crippen LogP contribution < -0.4 is 0 Å². The van der Waals surface area contributed by atoms with Gasteiger partial charge in [-0.05, 0) is 48.0 Å². The van der Waals surface area contributed by atoms with E-state index in [0.29, 0.717) is 17.5 Å². The van der Waals surface area contributed by atoms with Crippen LogP contribution in [0.2, 0.25) is 0 Å². The lowest BCUT2D eigenvalue weighted by Crippen LogP contribution is -2.02. The highest BCUT2D eigenvalue weighted by molar-refractivity contribution is 6.15. The quantitative estimate of drug-likeness (QED) is 0.176. The van der Waals surface area contributed by atoms with Crippen LogP contribution in [0, 0.1) is 0 Å². The minimum absolute atomic E-state index is 0.545. The van der Waals surface area contributed by atoms with Crippen molar-refractivity contribution in [3.8, 4) is 51.0 Å². The predicted molar refractivity (Wildman–Crippen MR) is 230 cm³/mol. The summed E-state index contributed by atoms with van der Waals surface area (Å²) in [6, 6.07) is 62.6. The van der Waals surface area contributed by atoms with Crippen LogP contribution in [0.1, 0.15) is 0 Å². The van der Waals surface area contributed by atoms with Gasteiger partial charge in [0.15, 0.2) is 17.5 Å². The fourth-order valence-corrected chi connectivity index (χ4v) is 8.49. The highest BCUT2D eigenvalue weighted by Gasteiger charge is 2.22. The van der Waals surface area contributed by atoms with Gasteiger partial charge in [-0.15, -0.1) is 0 Å². The van der Waals surface area contributed by atoms with Gasteiger partial charge in [-0.3, -0.25) is 0 Å². The van der Waals surface area contributed by atoms with E-state index in [0.717, 1.165) is 99.2 Å². The normalized spacial score (nSPS) is 11.9. The average molecular weight is 731 g/mol. The van der Waals surface area contributed by atoms with E-state index in [1.165, 1.54) is 0 Å². The van der Waals surface area contributed by atoms with Gasteiger partial charge in [-0.25, -0.2) is 15.0 Å². The fraction of sp³-hybridized carbons (Fsp3) is 0. The number of rotatable bonds is 5. The van der Waals surface area contributed by atoms with Crippen LogP contribution in [-0.2, 0) is 0 Å². The topological polar surface area (TPSA) is 69.9 Å². The molecule has 0 aliphatic rings. The van der Waals surface area contributed by atoms with Gasteiger partial charge >= 0.3 is 0 Å². The van der Waals surface area contributed by atoms with Crippen molar-refractivity contribution >= 4 is 65.7 Å². The molecule has 0 N–H and O–H groups in total. The lowest BCUT2D eigenvalue weighted by molar-refractivity contribution is 0.669. The molecule has 0 aliphatic heterocycles. The van der Waals surface area contributed by atoms with E-state index < -0.39 is 0 Å². The molecule has 0 saturated heterocycles. The van der Waals surface area contributed by atoms with Crippen molar-refractivity contribution in [2.75, 3.05) is 0 Å². The van der Waals surface area contributed by atoms with Crippen molar-refractivity contribution in [3.63, 3.8) is 0 Å². The van der Waals surface area contributed by atoms with Crippen LogP contribution in [-0.4, -0.2) is 19.5 Å². The van der Waals surface area contributed by atoms with Crippen molar-refractivity contribution < 1.29 is 8.83 Å². The standard InChI is InChI=1S/C51H30N4O2/c1-3-14-31(15-4-1)34-20-11-23-39-42-30-33(28-29-45(42)57-47(34)39)55-43-26-9-7-18-35(43)37-21-12-24-40(46(37)55)50-52-49(32-16-5-2-6-17-32)53-51(54-50)41-25-13-22-38-36-19-8-10-27-44(36)56-48(38)41/h1-30H. The molecule has 0 amide bonds. The lowest BCUT2D eigenvalue weighted by Gasteiger charge is -2.13. The summed E-state index contributed by atoms with van der Waals surface area (Å²) in [5.74, 6) is 1.71. The zero-order valence-electron chi connectivity index (χ0n) is 30.4. The lowest BCUT2D eigenvalue weighted by atomic mass is 10.0. The summed E-state index contributed by atoms with van der Waals surface area (Å²) in [6.45, 7) is 0. The second-order valence-corrected chi connectivity index (χ2v) is 14.3. The minimum Gasteiger partial charge on any atom is -0.455 e. The second kappa shape index (κ2) is 12.3. The van der Waals surface area contributed by atoms with Gasteiger partial charge in [0.2, 0.25) is 0 Å². The predicted octanol–water partition coefficient (Wildman–Crippen LogP) is 13.4. The van der Waals surface area contributed by atoms with Gasteiger partial charge in [-0.1, -0.05) is 140 Å². The molecule has 6 nitrogen and oxygen atoms in total. The van der Waals surface area contributed by atoms with E-state index in [1.807, 2.05) is 66.7 Å². The SMILES string of the molecule is c1ccc(-c2nc(-c3cccc4c3oc3ccccc34)nc(-c3cccc4c5ccccc5n(-c5ccc6oc7c(-c8ccccc8)cccc7c6c5)c34)n2)cc1. The van der Waals surface area contributed by atoms with Crippen molar-refractivity contribution in [2.24, 2.45) is 0 Å². The Labute approximate surface area is 325 Å². The van der Waals surface area contributed by atoms with Crippen LogP contribution in [0.3, 0.4) is 0 Å². The number of hydrogen-bond acceptors (Lipinski definition) is 5. The Balaban J connectivity index is 1.12. The Bertz CT molecular complexity index is 3530. The molecule has 6 heteroatoms. The molecular formula is C51H30N4O2. The van der Waals surface area contributed by atoms with Crippen LogP contribution >= 0.6 is 0 Å². The molecule has 0 fully saturated rings. The van der Waals surface area contributed by atoms with Crippen molar-refractivity contribution in [1.29, 1.82) is 0 Å². The Kier molecular flexibility index (Phi) is 6.83. The summed E-state index contributed by atoms with van der Waals surface area (Å²) >= 11 is 0. The molecule has 0 unspecified atom stereocenters. The number of fused-ring (bicyclic) bond motifs is 9. The van der Waals surface area contributed by atoms with Crippen LogP contribution in [0.5, 0.6) is 0 Å². The van der Waals surface area contributed by atoms with Crippen molar-refractivity contribution in [2.45, 2.75) is 0 Å². The van der Waals surface area contributed by atoms with Crippen molar-refractivity contribution in [1.82, 2.24) is 19.5 Å². The van der Waals surface area contributed by atoms with Gasteiger partial charge in [0.1, 0.15) is 22.3 Å².